The summed E-state index contributed by atoms with van der Waals surface area (Å²) < 4.78 is 29.0. The SMILES string of the molecule is C1CCC1.FB(F)F.[Ru]. The summed E-state index contributed by atoms with van der Waals surface area (Å²) in [5, 5.41) is 0. The van der Waals surface area contributed by atoms with Crippen LogP contribution in [0.15, 0.2) is 0 Å². The summed E-state index contributed by atoms with van der Waals surface area (Å²) in [7, 11) is -3.67. The van der Waals surface area contributed by atoms with Crippen LogP contribution in [0.25, 0.3) is 0 Å². The van der Waals surface area contributed by atoms with Gasteiger partial charge in [0.1, 0.15) is 0 Å². The molecule has 9 heavy (non-hydrogen) atoms. The molecule has 0 bridgehead atoms. The molecule has 56 valence electrons. The Morgan fingerprint density at radius 2 is 0.889 bits per heavy atom. The van der Waals surface area contributed by atoms with Gasteiger partial charge in [-0.05, 0) is 0 Å². The van der Waals surface area contributed by atoms with Crippen LogP contribution in [0.1, 0.15) is 25.7 Å². The van der Waals surface area contributed by atoms with Gasteiger partial charge >= 0.3 is 7.54 Å². The predicted octanol–water partition coefficient (Wildman–Crippen LogP) is 2.44. The average Bonchev–Trinajstić information content (AvgIpc) is 1.19. The first-order valence-electron chi connectivity index (χ1n) is 2.65. The molecule has 0 N–H and O–H groups in total. The first kappa shape index (κ1) is 12.2. The molecular formula is C4H8BF3Ru. The maximum Gasteiger partial charge on any atom is 0.762 e. The first-order chi connectivity index (χ1) is 3.73. The smallest absolute Gasteiger partial charge is 0.254 e. The monoisotopic (exact) mass is 226 g/mol. The molecule has 1 saturated carbocycles. The number of hydrogen-bond donors (Lipinski definition) is 0. The van der Waals surface area contributed by atoms with Crippen LogP contribution in [-0.4, -0.2) is 7.54 Å². The van der Waals surface area contributed by atoms with Crippen LogP contribution in [0.2, 0.25) is 0 Å². The van der Waals surface area contributed by atoms with E-state index in [0.717, 1.165) is 0 Å². The van der Waals surface area contributed by atoms with Crippen LogP contribution in [0.4, 0.5) is 12.9 Å². The largest absolute Gasteiger partial charge is 0.762 e. The third kappa shape index (κ3) is 17.7. The van der Waals surface area contributed by atoms with Crippen molar-refractivity contribution in [1.82, 2.24) is 0 Å². The molecular weight excluding hydrogens is 217 g/mol. The molecule has 1 aliphatic rings. The summed E-state index contributed by atoms with van der Waals surface area (Å²) in [5.74, 6) is 0. The molecule has 0 nitrogen and oxygen atoms in total. The van der Waals surface area contributed by atoms with Crippen LogP contribution in [0, 0.1) is 0 Å². The van der Waals surface area contributed by atoms with Gasteiger partial charge in [0.05, 0.1) is 0 Å². The van der Waals surface area contributed by atoms with Crippen molar-refractivity contribution in [3.05, 3.63) is 0 Å². The van der Waals surface area contributed by atoms with E-state index in [4.69, 9.17) is 0 Å². The van der Waals surface area contributed by atoms with Crippen molar-refractivity contribution >= 4 is 7.54 Å². The molecule has 0 radical (unpaired) electrons. The van der Waals surface area contributed by atoms with Gasteiger partial charge in [0.2, 0.25) is 0 Å². The van der Waals surface area contributed by atoms with Gasteiger partial charge in [-0.25, -0.2) is 0 Å². The van der Waals surface area contributed by atoms with Crippen LogP contribution in [-0.2, 0) is 19.5 Å². The zero-order valence-corrected chi connectivity index (χ0v) is 6.63. The molecule has 0 atom stereocenters. The van der Waals surface area contributed by atoms with Crippen LogP contribution in [0.3, 0.4) is 0 Å². The van der Waals surface area contributed by atoms with Gasteiger partial charge in [-0.2, -0.15) is 0 Å². The van der Waals surface area contributed by atoms with E-state index in [2.05, 4.69) is 0 Å². The van der Waals surface area contributed by atoms with E-state index >= 15 is 0 Å². The zero-order valence-electron chi connectivity index (χ0n) is 4.89. The van der Waals surface area contributed by atoms with Gasteiger partial charge in [0.25, 0.3) is 0 Å². The van der Waals surface area contributed by atoms with E-state index in [1.807, 2.05) is 0 Å². The van der Waals surface area contributed by atoms with Crippen molar-refractivity contribution in [3.8, 4) is 0 Å². The first-order valence-corrected chi connectivity index (χ1v) is 2.65. The second-order valence-electron chi connectivity index (χ2n) is 1.66. The van der Waals surface area contributed by atoms with Crippen LogP contribution in [0.5, 0.6) is 0 Å². The van der Waals surface area contributed by atoms with Crippen molar-refractivity contribution in [2.45, 2.75) is 25.7 Å². The Balaban J connectivity index is 0. The fourth-order valence-electron chi connectivity index (χ4n) is 0.250. The van der Waals surface area contributed by atoms with Gasteiger partial charge in [-0.15, -0.1) is 0 Å². The second kappa shape index (κ2) is 8.48. The molecule has 0 aromatic heterocycles. The van der Waals surface area contributed by atoms with Gasteiger partial charge in [-0.3, -0.25) is 12.9 Å². The van der Waals surface area contributed by atoms with Crippen LogP contribution < -0.4 is 0 Å². The van der Waals surface area contributed by atoms with Crippen molar-refractivity contribution in [2.24, 2.45) is 0 Å². The van der Waals surface area contributed by atoms with E-state index in [0.29, 0.717) is 0 Å². The third-order valence-corrected chi connectivity index (χ3v) is 1.000. The number of rotatable bonds is 0. The van der Waals surface area contributed by atoms with E-state index in [1.165, 1.54) is 25.7 Å². The van der Waals surface area contributed by atoms with Crippen molar-refractivity contribution in [3.63, 3.8) is 0 Å². The summed E-state index contributed by atoms with van der Waals surface area (Å²) in [6.07, 6.45) is 6.00. The molecule has 0 heterocycles. The standard InChI is InChI=1S/C4H8.BF3.Ru/c1-2-4-3-1;2-1(3)4;/h1-4H2;;. The second-order valence-corrected chi connectivity index (χ2v) is 1.66. The van der Waals surface area contributed by atoms with Gasteiger partial charge in [0.15, 0.2) is 0 Å². The third-order valence-electron chi connectivity index (χ3n) is 1.000. The van der Waals surface area contributed by atoms with E-state index < -0.39 is 7.54 Å². The Labute approximate surface area is 66.2 Å². The molecule has 0 aromatic rings. The Morgan fingerprint density at radius 1 is 0.778 bits per heavy atom. The van der Waals surface area contributed by atoms with Crippen molar-refractivity contribution < 1.29 is 32.4 Å². The molecule has 0 saturated heterocycles. The molecule has 1 rings (SSSR count). The molecule has 1 fully saturated rings. The minimum atomic E-state index is -3.67. The van der Waals surface area contributed by atoms with Gasteiger partial charge in [-0.1, -0.05) is 25.7 Å². The van der Waals surface area contributed by atoms with Crippen LogP contribution >= 0.6 is 0 Å². The fourth-order valence-corrected chi connectivity index (χ4v) is 0.250. The summed E-state index contributed by atoms with van der Waals surface area (Å²) >= 11 is 0. The molecule has 0 aromatic carbocycles. The van der Waals surface area contributed by atoms with Crippen molar-refractivity contribution in [1.29, 1.82) is 0 Å². The minimum absolute atomic E-state index is 0. The normalized spacial score (nSPS) is 13.7. The van der Waals surface area contributed by atoms with E-state index in [-0.39, 0.29) is 19.5 Å². The maximum absolute atomic E-state index is 9.67. The van der Waals surface area contributed by atoms with Crippen molar-refractivity contribution in [2.75, 3.05) is 0 Å². The van der Waals surface area contributed by atoms with Gasteiger partial charge in [0, 0.05) is 19.5 Å². The quantitative estimate of drug-likeness (QED) is 0.555. The van der Waals surface area contributed by atoms with E-state index in [1.54, 1.807) is 0 Å². The minimum Gasteiger partial charge on any atom is -0.254 e. The van der Waals surface area contributed by atoms with E-state index in [9.17, 15) is 12.9 Å². The number of halogens is 3. The number of hydrogen-bond acceptors (Lipinski definition) is 0. The molecule has 0 aliphatic heterocycles. The molecule has 0 amide bonds. The summed E-state index contributed by atoms with van der Waals surface area (Å²) in [6, 6.07) is 0. The summed E-state index contributed by atoms with van der Waals surface area (Å²) in [4.78, 5) is 0. The summed E-state index contributed by atoms with van der Waals surface area (Å²) in [6.45, 7) is 0. The Kier molecular flexibility index (Phi) is 11.5. The molecule has 1 aliphatic carbocycles. The summed E-state index contributed by atoms with van der Waals surface area (Å²) in [5.41, 5.74) is 0. The predicted molar refractivity (Wildman–Crippen MR) is 27.5 cm³/mol. The molecule has 5 heteroatoms. The zero-order chi connectivity index (χ0) is 6.41. The Hall–Kier alpha value is 0.478. The molecule has 0 unspecified atom stereocenters. The topological polar surface area (TPSA) is 0 Å². The maximum atomic E-state index is 9.67. The Morgan fingerprint density at radius 3 is 0.889 bits per heavy atom. The van der Waals surface area contributed by atoms with Gasteiger partial charge < -0.3 is 0 Å². The molecule has 0 spiro atoms. The average molecular weight is 225 g/mol. The fraction of sp³-hybridized carbons (Fsp3) is 1.00. The Bertz CT molecular complexity index is 42.3.